The van der Waals surface area contributed by atoms with E-state index in [0.29, 0.717) is 62.4 Å². The molecule has 1 heterocycles. The lowest BCUT2D eigenvalue weighted by molar-refractivity contribution is -0.254. The van der Waals surface area contributed by atoms with Gasteiger partial charge in [-0.2, -0.15) is 0 Å². The number of hydrogen-bond donors (Lipinski definition) is 3. The summed E-state index contributed by atoms with van der Waals surface area (Å²) in [6.07, 6.45) is 9.07. The van der Waals surface area contributed by atoms with E-state index in [-0.39, 0.29) is 43.5 Å². The number of allylic oxidation sites excluding steroid dienone is 1. The molecule has 11 nitrogen and oxygen atoms in total. The van der Waals surface area contributed by atoms with Crippen molar-refractivity contribution in [1.29, 1.82) is 0 Å². The van der Waals surface area contributed by atoms with E-state index < -0.39 is 23.8 Å². The number of nitrogens with zero attached hydrogens (tertiary/aromatic N) is 2. The molecular weight excluding hydrogens is 723 g/mol. The van der Waals surface area contributed by atoms with Crippen LogP contribution < -0.4 is 14.8 Å². The first kappa shape index (κ1) is 41.9. The standard InChI is InChI=1S/C46H59N3O8/c1-5-23-49(44(52)34-20-19-31-15-9-10-16-32(31)27-34)41-30-39(48-55-8-4)37-28-33(17-11-13-24-50)36(18-12-14-25-51)42-38-29-35(56-45(53)47-7-3)21-22-40(38)57-46(41,43(37)42)54-26-6-2/h6,9-10,15-16,19-22,27-29,33,36,41-43,50-51H,2,5,7-8,11-14,17-18,23-26,30H2,1,3-4H3,(H,47,53)/t33-,36+,41-,42+,43+,46+/m0/s1. The topological polar surface area (TPSA) is 139 Å². The largest absolute Gasteiger partial charge is 0.459 e. The van der Waals surface area contributed by atoms with Crippen LogP contribution in [0.15, 0.2) is 90.1 Å². The molecular formula is C46H59N3O8. The molecule has 0 bridgehead atoms. The number of nitrogens with one attached hydrogen (secondary N) is 1. The van der Waals surface area contributed by atoms with Gasteiger partial charge in [-0.15, -0.1) is 6.58 Å². The first-order chi connectivity index (χ1) is 27.8. The highest BCUT2D eigenvalue weighted by Gasteiger charge is 2.65. The summed E-state index contributed by atoms with van der Waals surface area (Å²) in [5, 5.41) is 29.2. The van der Waals surface area contributed by atoms with Crippen molar-refractivity contribution in [1.82, 2.24) is 10.2 Å². The van der Waals surface area contributed by atoms with Crippen molar-refractivity contribution < 1.29 is 38.9 Å². The second-order valence-corrected chi connectivity index (χ2v) is 15.2. The Morgan fingerprint density at radius 3 is 2.49 bits per heavy atom. The average molecular weight is 782 g/mol. The van der Waals surface area contributed by atoms with Crippen molar-refractivity contribution in [3.05, 3.63) is 96.1 Å². The van der Waals surface area contributed by atoms with Gasteiger partial charge < -0.3 is 39.5 Å². The van der Waals surface area contributed by atoms with Gasteiger partial charge in [-0.3, -0.25) is 4.79 Å². The second-order valence-electron chi connectivity index (χ2n) is 15.2. The number of ether oxygens (including phenoxy) is 3. The molecule has 3 aromatic carbocycles. The molecule has 0 spiro atoms. The first-order valence-electron chi connectivity index (χ1n) is 20.8. The van der Waals surface area contributed by atoms with Gasteiger partial charge in [0.15, 0.2) is 0 Å². The fourth-order valence-electron chi connectivity index (χ4n) is 9.27. The predicted molar refractivity (Wildman–Crippen MR) is 222 cm³/mol. The third kappa shape index (κ3) is 8.91. The minimum Gasteiger partial charge on any atom is -0.459 e. The number of fused-ring (bicyclic) bond motifs is 3. The van der Waals surface area contributed by atoms with E-state index >= 15 is 4.79 Å². The Bertz CT molecular complexity index is 1930. The number of aliphatic hydroxyl groups is 2. The Morgan fingerprint density at radius 1 is 1.00 bits per heavy atom. The van der Waals surface area contributed by atoms with Crippen molar-refractivity contribution in [3.63, 3.8) is 0 Å². The Labute approximate surface area is 336 Å². The highest BCUT2D eigenvalue weighted by atomic mass is 16.7. The Balaban J connectivity index is 1.59. The number of benzene rings is 3. The fraction of sp³-hybridized carbons (Fsp3) is 0.500. The SMILES string of the molecule is C=CCO[C@@]12Oc3ccc(OC(=O)NCC)cc3[C@H]3[C@H](CCCCO)[C@@H](CCCCO)C=C(C(=NOCC)C[C@@H]1N(CCC)C(=O)c1ccc4ccccc4c1)[C@H]32. The van der Waals surface area contributed by atoms with E-state index in [1.54, 1.807) is 12.1 Å². The zero-order valence-corrected chi connectivity index (χ0v) is 33.7. The molecule has 3 N–H and O–H groups in total. The minimum atomic E-state index is -1.38. The van der Waals surface area contributed by atoms with Crippen LogP contribution in [0.4, 0.5) is 4.79 Å². The van der Waals surface area contributed by atoms with E-state index in [1.165, 1.54) is 0 Å². The van der Waals surface area contributed by atoms with Gasteiger partial charge in [-0.25, -0.2) is 4.79 Å². The van der Waals surface area contributed by atoms with Crippen molar-refractivity contribution >= 4 is 28.5 Å². The summed E-state index contributed by atoms with van der Waals surface area (Å²) in [4.78, 5) is 35.5. The zero-order valence-electron chi connectivity index (χ0n) is 33.7. The molecule has 11 heteroatoms. The lowest BCUT2D eigenvalue weighted by Crippen LogP contribution is -2.70. The molecule has 0 saturated heterocycles. The number of carbonyl (C=O) groups is 2. The average Bonchev–Trinajstić information content (AvgIpc) is 3.22. The third-order valence-electron chi connectivity index (χ3n) is 11.6. The Kier molecular flexibility index (Phi) is 14.4. The molecule has 3 aromatic rings. The molecule has 1 aliphatic heterocycles. The summed E-state index contributed by atoms with van der Waals surface area (Å²) < 4.78 is 20.1. The van der Waals surface area contributed by atoms with E-state index in [2.05, 4.69) is 24.9 Å². The number of rotatable bonds is 19. The van der Waals surface area contributed by atoms with E-state index in [1.807, 2.05) is 73.3 Å². The quantitative estimate of drug-likeness (QED) is 0.0630. The zero-order chi connectivity index (χ0) is 40.4. The summed E-state index contributed by atoms with van der Waals surface area (Å²) in [6.45, 7) is 11.4. The van der Waals surface area contributed by atoms with E-state index in [9.17, 15) is 15.0 Å². The maximum atomic E-state index is 15.0. The molecule has 3 aliphatic rings. The molecule has 6 rings (SSSR count). The van der Waals surface area contributed by atoms with E-state index in [4.69, 9.17) is 24.2 Å². The third-order valence-corrected chi connectivity index (χ3v) is 11.6. The number of amides is 2. The number of unbranched alkanes of at least 4 members (excludes halogenated alkanes) is 2. The molecule has 306 valence electrons. The lowest BCUT2D eigenvalue weighted by Gasteiger charge is -2.60. The molecule has 2 aliphatic carbocycles. The maximum absolute atomic E-state index is 15.0. The van der Waals surface area contributed by atoms with Gasteiger partial charge in [0.2, 0.25) is 5.79 Å². The summed E-state index contributed by atoms with van der Waals surface area (Å²) >= 11 is 0. The predicted octanol–water partition coefficient (Wildman–Crippen LogP) is 8.15. The van der Waals surface area contributed by atoms with Crippen LogP contribution in [-0.2, 0) is 9.57 Å². The molecule has 0 unspecified atom stereocenters. The van der Waals surface area contributed by atoms with Crippen LogP contribution >= 0.6 is 0 Å². The smallest absolute Gasteiger partial charge is 0.412 e. The molecule has 1 saturated carbocycles. The van der Waals surface area contributed by atoms with Crippen LogP contribution in [0.2, 0.25) is 0 Å². The Hall–Kier alpha value is -4.71. The highest BCUT2D eigenvalue weighted by molar-refractivity contribution is 6.04. The molecule has 57 heavy (non-hydrogen) atoms. The summed E-state index contributed by atoms with van der Waals surface area (Å²) in [5.41, 5.74) is 3.15. The number of oxime groups is 1. The number of hydrogen-bond acceptors (Lipinski definition) is 9. The van der Waals surface area contributed by atoms with Crippen LogP contribution in [0.25, 0.3) is 10.8 Å². The number of aliphatic hydroxyl groups excluding tert-OH is 2. The molecule has 1 fully saturated rings. The van der Waals surface area contributed by atoms with Gasteiger partial charge >= 0.3 is 6.09 Å². The van der Waals surface area contributed by atoms with Crippen LogP contribution in [0.5, 0.6) is 11.5 Å². The summed E-state index contributed by atoms with van der Waals surface area (Å²) in [5.74, 6) is -1.10. The first-order valence-corrected chi connectivity index (χ1v) is 20.8. The molecule has 0 aromatic heterocycles. The monoisotopic (exact) mass is 781 g/mol. The van der Waals surface area contributed by atoms with Gasteiger partial charge in [0.25, 0.3) is 5.91 Å². The van der Waals surface area contributed by atoms with Crippen molar-refractivity contribution in [2.24, 2.45) is 22.9 Å². The normalized spacial score (nSPS) is 24.1. The van der Waals surface area contributed by atoms with Crippen molar-refractivity contribution in [3.8, 4) is 11.5 Å². The van der Waals surface area contributed by atoms with Gasteiger partial charge in [0.05, 0.1) is 18.2 Å². The van der Waals surface area contributed by atoms with Gasteiger partial charge in [-0.05, 0) is 104 Å². The molecule has 0 radical (unpaired) electrons. The van der Waals surface area contributed by atoms with Crippen molar-refractivity contribution in [2.75, 3.05) is 39.5 Å². The second kappa shape index (κ2) is 19.6. The van der Waals surface area contributed by atoms with Crippen LogP contribution in [0.1, 0.15) is 94.0 Å². The van der Waals surface area contributed by atoms with Gasteiger partial charge in [-0.1, -0.05) is 67.4 Å². The molecule has 2 amide bonds. The number of carbonyl (C=O) groups excluding carboxylic acids is 2. The van der Waals surface area contributed by atoms with E-state index in [0.717, 1.165) is 53.3 Å². The van der Waals surface area contributed by atoms with Gasteiger partial charge in [0, 0.05) is 49.8 Å². The summed E-state index contributed by atoms with van der Waals surface area (Å²) in [6, 6.07) is 18.7. The fourth-order valence-corrected chi connectivity index (χ4v) is 9.27. The lowest BCUT2D eigenvalue weighted by atomic mass is 9.55. The maximum Gasteiger partial charge on any atom is 0.412 e. The van der Waals surface area contributed by atoms with Crippen LogP contribution in [0, 0.1) is 17.8 Å². The van der Waals surface area contributed by atoms with Crippen LogP contribution in [0.3, 0.4) is 0 Å². The van der Waals surface area contributed by atoms with Gasteiger partial charge in [0.1, 0.15) is 24.1 Å². The van der Waals surface area contributed by atoms with Crippen LogP contribution in [-0.4, -0.2) is 84.2 Å². The summed E-state index contributed by atoms with van der Waals surface area (Å²) in [7, 11) is 0. The molecule has 6 atom stereocenters. The highest BCUT2D eigenvalue weighted by Crippen LogP contribution is 2.62. The Morgan fingerprint density at radius 2 is 1.77 bits per heavy atom. The minimum absolute atomic E-state index is 0.0426. The van der Waals surface area contributed by atoms with Crippen molar-refractivity contribution in [2.45, 2.75) is 89.9 Å².